The molecule has 18 heavy (non-hydrogen) atoms. The summed E-state index contributed by atoms with van der Waals surface area (Å²) in [6, 6.07) is 9.53. The van der Waals surface area contributed by atoms with Crippen molar-refractivity contribution in [2.45, 2.75) is 6.54 Å². The minimum Gasteiger partial charge on any atom is -0.381 e. The molecule has 0 radical (unpaired) electrons. The highest BCUT2D eigenvalue weighted by molar-refractivity contribution is 14.1. The molecule has 1 nitrogen and oxygen atoms in total. The van der Waals surface area contributed by atoms with Gasteiger partial charge >= 0.3 is 0 Å². The molecule has 0 atom stereocenters. The summed E-state index contributed by atoms with van der Waals surface area (Å²) >= 11 is 5.60. The monoisotopic (exact) mass is 423 g/mol. The third-order valence-corrected chi connectivity index (χ3v) is 4.79. The molecule has 94 valence electrons. The van der Waals surface area contributed by atoms with Crippen LogP contribution >= 0.6 is 38.5 Å². The molecule has 0 spiro atoms. The molecule has 2 aromatic rings. The van der Waals surface area contributed by atoms with Crippen molar-refractivity contribution in [2.24, 2.45) is 0 Å². The Hall–Kier alpha value is -0.690. The molecular formula is C13H9BrF2IN. The van der Waals surface area contributed by atoms with Gasteiger partial charge in [-0.05, 0) is 68.9 Å². The molecule has 0 bridgehead atoms. The average molecular weight is 424 g/mol. The highest BCUT2D eigenvalue weighted by Crippen LogP contribution is 2.23. The molecule has 0 aromatic heterocycles. The van der Waals surface area contributed by atoms with Gasteiger partial charge in [0.25, 0.3) is 0 Å². The Morgan fingerprint density at radius 3 is 2.39 bits per heavy atom. The SMILES string of the molecule is Fc1cccc(F)c1CNc1ccc(I)c(Br)c1. The molecule has 0 unspecified atom stereocenters. The summed E-state index contributed by atoms with van der Waals surface area (Å²) in [6.07, 6.45) is 0. The van der Waals surface area contributed by atoms with Crippen LogP contribution in [-0.2, 0) is 6.54 Å². The summed E-state index contributed by atoms with van der Waals surface area (Å²) in [7, 11) is 0. The van der Waals surface area contributed by atoms with Crippen molar-refractivity contribution < 1.29 is 8.78 Å². The van der Waals surface area contributed by atoms with E-state index in [0.29, 0.717) is 0 Å². The van der Waals surface area contributed by atoms with Crippen LogP contribution in [0.25, 0.3) is 0 Å². The maximum atomic E-state index is 13.4. The molecule has 0 saturated heterocycles. The Balaban J connectivity index is 2.14. The fraction of sp³-hybridized carbons (Fsp3) is 0.0769. The maximum Gasteiger partial charge on any atom is 0.131 e. The Morgan fingerprint density at radius 1 is 1.11 bits per heavy atom. The number of hydrogen-bond donors (Lipinski definition) is 1. The van der Waals surface area contributed by atoms with E-state index in [9.17, 15) is 8.78 Å². The standard InChI is InChI=1S/C13H9BrF2IN/c14-10-6-8(4-5-13(10)17)18-7-9-11(15)2-1-3-12(9)16/h1-6,18H,7H2. The van der Waals surface area contributed by atoms with Gasteiger partial charge in [-0.25, -0.2) is 8.78 Å². The highest BCUT2D eigenvalue weighted by atomic mass is 127. The van der Waals surface area contributed by atoms with Crippen molar-refractivity contribution in [3.63, 3.8) is 0 Å². The smallest absolute Gasteiger partial charge is 0.131 e. The van der Waals surface area contributed by atoms with E-state index in [1.165, 1.54) is 18.2 Å². The molecule has 2 aromatic carbocycles. The van der Waals surface area contributed by atoms with Gasteiger partial charge in [-0.2, -0.15) is 0 Å². The first-order valence-corrected chi connectivity index (χ1v) is 7.07. The molecule has 0 aliphatic carbocycles. The van der Waals surface area contributed by atoms with E-state index in [1.807, 2.05) is 18.2 Å². The summed E-state index contributed by atoms with van der Waals surface area (Å²) in [5.41, 5.74) is 0.858. The van der Waals surface area contributed by atoms with Crippen LogP contribution in [0.1, 0.15) is 5.56 Å². The van der Waals surface area contributed by atoms with Gasteiger partial charge in [0.05, 0.1) is 0 Å². The third kappa shape index (κ3) is 3.20. The number of benzene rings is 2. The number of halogens is 4. The van der Waals surface area contributed by atoms with Crippen LogP contribution < -0.4 is 5.32 Å². The molecule has 0 fully saturated rings. The Kier molecular flexibility index (Phi) is 4.55. The number of nitrogens with one attached hydrogen (secondary N) is 1. The fourth-order valence-electron chi connectivity index (χ4n) is 1.50. The average Bonchev–Trinajstić information content (AvgIpc) is 2.33. The van der Waals surface area contributed by atoms with Gasteiger partial charge in [0.1, 0.15) is 11.6 Å². The predicted molar refractivity (Wildman–Crippen MR) is 80.5 cm³/mol. The second-order valence-electron chi connectivity index (χ2n) is 3.68. The Morgan fingerprint density at radius 2 is 1.78 bits per heavy atom. The van der Waals surface area contributed by atoms with E-state index in [-0.39, 0.29) is 12.1 Å². The van der Waals surface area contributed by atoms with Crippen LogP contribution in [0.3, 0.4) is 0 Å². The molecule has 1 N–H and O–H groups in total. The second-order valence-corrected chi connectivity index (χ2v) is 5.70. The van der Waals surface area contributed by atoms with E-state index < -0.39 is 11.6 Å². The first-order chi connectivity index (χ1) is 8.58. The molecule has 5 heteroatoms. The quantitative estimate of drug-likeness (QED) is 0.689. The first kappa shape index (κ1) is 13.7. The van der Waals surface area contributed by atoms with Gasteiger partial charge in [0.15, 0.2) is 0 Å². The van der Waals surface area contributed by atoms with E-state index in [2.05, 4.69) is 43.8 Å². The fourth-order valence-corrected chi connectivity index (χ4v) is 2.21. The summed E-state index contributed by atoms with van der Waals surface area (Å²) in [5.74, 6) is -1.07. The second kappa shape index (κ2) is 5.97. The van der Waals surface area contributed by atoms with Gasteiger partial charge in [-0.3, -0.25) is 0 Å². The lowest BCUT2D eigenvalue weighted by Crippen LogP contribution is -2.04. The maximum absolute atomic E-state index is 13.4. The number of anilines is 1. The van der Waals surface area contributed by atoms with Gasteiger partial charge in [0, 0.05) is 25.8 Å². The molecule has 0 amide bonds. The Labute approximate surface area is 126 Å². The largest absolute Gasteiger partial charge is 0.381 e. The van der Waals surface area contributed by atoms with E-state index in [4.69, 9.17) is 0 Å². The minimum atomic E-state index is -0.535. The molecule has 0 saturated carbocycles. The van der Waals surface area contributed by atoms with E-state index >= 15 is 0 Å². The van der Waals surface area contributed by atoms with Crippen LogP contribution in [0.4, 0.5) is 14.5 Å². The molecular weight excluding hydrogens is 415 g/mol. The lowest BCUT2D eigenvalue weighted by Gasteiger charge is -2.09. The van der Waals surface area contributed by atoms with E-state index in [1.54, 1.807) is 0 Å². The minimum absolute atomic E-state index is 0.0483. The number of rotatable bonds is 3. The highest BCUT2D eigenvalue weighted by Gasteiger charge is 2.08. The van der Waals surface area contributed by atoms with Gasteiger partial charge < -0.3 is 5.32 Å². The van der Waals surface area contributed by atoms with Crippen molar-refractivity contribution in [3.8, 4) is 0 Å². The van der Waals surface area contributed by atoms with Crippen LogP contribution in [-0.4, -0.2) is 0 Å². The van der Waals surface area contributed by atoms with Crippen molar-refractivity contribution >= 4 is 44.2 Å². The molecule has 0 aliphatic rings. The zero-order valence-corrected chi connectivity index (χ0v) is 12.9. The van der Waals surface area contributed by atoms with Crippen LogP contribution in [0.2, 0.25) is 0 Å². The first-order valence-electron chi connectivity index (χ1n) is 5.20. The summed E-state index contributed by atoms with van der Waals surface area (Å²) in [5, 5.41) is 3.00. The van der Waals surface area contributed by atoms with Crippen LogP contribution in [0, 0.1) is 15.2 Å². The van der Waals surface area contributed by atoms with Crippen molar-refractivity contribution in [1.29, 1.82) is 0 Å². The lowest BCUT2D eigenvalue weighted by atomic mass is 10.2. The zero-order chi connectivity index (χ0) is 13.1. The van der Waals surface area contributed by atoms with Gasteiger partial charge in [0.2, 0.25) is 0 Å². The molecule has 0 aliphatic heterocycles. The van der Waals surface area contributed by atoms with Crippen molar-refractivity contribution in [3.05, 3.63) is 61.6 Å². The van der Waals surface area contributed by atoms with Gasteiger partial charge in [-0.15, -0.1) is 0 Å². The number of hydrogen-bond acceptors (Lipinski definition) is 1. The van der Waals surface area contributed by atoms with E-state index in [0.717, 1.165) is 13.7 Å². The topological polar surface area (TPSA) is 12.0 Å². The molecule has 0 heterocycles. The van der Waals surface area contributed by atoms with Crippen molar-refractivity contribution in [2.75, 3.05) is 5.32 Å². The third-order valence-electron chi connectivity index (χ3n) is 2.45. The summed E-state index contributed by atoms with van der Waals surface area (Å²) < 4.78 is 28.8. The summed E-state index contributed by atoms with van der Waals surface area (Å²) in [6.45, 7) is 0.117. The van der Waals surface area contributed by atoms with Gasteiger partial charge in [-0.1, -0.05) is 6.07 Å². The normalized spacial score (nSPS) is 10.4. The zero-order valence-electron chi connectivity index (χ0n) is 9.18. The lowest BCUT2D eigenvalue weighted by molar-refractivity contribution is 0.560. The molecule has 2 rings (SSSR count). The van der Waals surface area contributed by atoms with Crippen LogP contribution in [0.15, 0.2) is 40.9 Å². The predicted octanol–water partition coefficient (Wildman–Crippen LogP) is 4.94. The van der Waals surface area contributed by atoms with Crippen LogP contribution in [0.5, 0.6) is 0 Å². The van der Waals surface area contributed by atoms with Crippen molar-refractivity contribution in [1.82, 2.24) is 0 Å². The Bertz CT molecular complexity index is 555. The summed E-state index contributed by atoms with van der Waals surface area (Å²) in [4.78, 5) is 0.